The first-order valence-corrected chi connectivity index (χ1v) is 11.1. The van der Waals surface area contributed by atoms with Crippen LogP contribution in [0.1, 0.15) is 23.7 Å². The van der Waals surface area contributed by atoms with Crippen molar-refractivity contribution in [3.63, 3.8) is 0 Å². The van der Waals surface area contributed by atoms with Crippen LogP contribution in [0.3, 0.4) is 0 Å². The minimum atomic E-state index is -3.62. The van der Waals surface area contributed by atoms with Crippen LogP contribution in [-0.2, 0) is 16.6 Å². The first-order chi connectivity index (χ1) is 14.5. The zero-order valence-electron chi connectivity index (χ0n) is 16.4. The van der Waals surface area contributed by atoms with Gasteiger partial charge in [0.2, 0.25) is 15.9 Å². The third kappa shape index (κ3) is 4.03. The molecule has 0 radical (unpaired) electrons. The van der Waals surface area contributed by atoms with E-state index in [0.29, 0.717) is 6.42 Å². The van der Waals surface area contributed by atoms with Gasteiger partial charge in [-0.2, -0.15) is 0 Å². The second-order valence-corrected chi connectivity index (χ2v) is 8.68. The van der Waals surface area contributed by atoms with Gasteiger partial charge in [0.1, 0.15) is 0 Å². The molecule has 0 saturated heterocycles. The van der Waals surface area contributed by atoms with Crippen molar-refractivity contribution in [1.82, 2.24) is 14.3 Å². The van der Waals surface area contributed by atoms with Gasteiger partial charge in [0.15, 0.2) is 0 Å². The maximum atomic E-state index is 12.6. The van der Waals surface area contributed by atoms with Gasteiger partial charge in [-0.05, 0) is 53.1 Å². The second-order valence-electron chi connectivity index (χ2n) is 6.92. The summed E-state index contributed by atoms with van der Waals surface area (Å²) in [4.78, 5) is 16.2. The molecule has 6 nitrogen and oxygen atoms in total. The van der Waals surface area contributed by atoms with E-state index in [9.17, 15) is 13.2 Å². The first kappa shape index (κ1) is 20.0. The Bertz CT molecular complexity index is 1290. The highest BCUT2D eigenvalue weighted by Gasteiger charge is 2.14. The van der Waals surface area contributed by atoms with Crippen LogP contribution in [0.2, 0.25) is 0 Å². The normalized spacial score (nSPS) is 11.6. The number of rotatable bonds is 6. The molecule has 0 fully saturated rings. The molecule has 0 unspecified atom stereocenters. The van der Waals surface area contributed by atoms with Gasteiger partial charge in [-0.25, -0.2) is 13.1 Å². The first-order valence-electron chi connectivity index (χ1n) is 9.61. The number of hydrogen-bond acceptors (Lipinski definition) is 4. The molecular formula is C23H21N3O3S. The monoisotopic (exact) mass is 419 g/mol. The molecular weight excluding hydrogens is 398 g/mol. The predicted octanol–water partition coefficient (Wildman–Crippen LogP) is 4.23. The van der Waals surface area contributed by atoms with Crippen LogP contribution >= 0.6 is 0 Å². The largest absolute Gasteiger partial charge is 0.287 e. The summed E-state index contributed by atoms with van der Waals surface area (Å²) in [6.45, 7) is 2.02. The minimum Gasteiger partial charge on any atom is -0.287 e. The van der Waals surface area contributed by atoms with Gasteiger partial charge in [-0.15, -0.1) is 0 Å². The van der Waals surface area contributed by atoms with Crippen molar-refractivity contribution in [3.8, 4) is 11.1 Å². The molecule has 2 heterocycles. The maximum absolute atomic E-state index is 12.6. The Kier molecular flexibility index (Phi) is 5.48. The highest BCUT2D eigenvalue weighted by atomic mass is 32.2. The molecule has 0 spiro atoms. The Morgan fingerprint density at radius 3 is 2.50 bits per heavy atom. The van der Waals surface area contributed by atoms with Gasteiger partial charge in [0, 0.05) is 36.9 Å². The molecule has 0 amide bonds. The van der Waals surface area contributed by atoms with Crippen LogP contribution in [0.15, 0.2) is 84.1 Å². The van der Waals surface area contributed by atoms with Crippen molar-refractivity contribution >= 4 is 26.8 Å². The summed E-state index contributed by atoms with van der Waals surface area (Å²) in [5.41, 5.74) is 3.51. The molecule has 0 atom stereocenters. The summed E-state index contributed by atoms with van der Waals surface area (Å²) in [6.07, 6.45) is 5.49. The predicted molar refractivity (Wildman–Crippen MR) is 117 cm³/mol. The van der Waals surface area contributed by atoms with E-state index >= 15 is 0 Å². The van der Waals surface area contributed by atoms with Crippen molar-refractivity contribution in [2.75, 3.05) is 0 Å². The van der Waals surface area contributed by atoms with Crippen LogP contribution in [0.5, 0.6) is 0 Å². The topological polar surface area (TPSA) is 81.1 Å². The average Bonchev–Trinajstić information content (AvgIpc) is 3.21. The van der Waals surface area contributed by atoms with E-state index in [1.165, 1.54) is 0 Å². The smallest absolute Gasteiger partial charge is 0.240 e. The lowest BCUT2D eigenvalue weighted by Gasteiger charge is -2.08. The fourth-order valence-electron chi connectivity index (χ4n) is 3.30. The van der Waals surface area contributed by atoms with Crippen molar-refractivity contribution in [2.45, 2.75) is 24.8 Å². The fraction of sp³-hybridized carbons (Fsp3) is 0.130. The lowest BCUT2D eigenvalue weighted by molar-refractivity contribution is 0.0914. The molecule has 2 aromatic carbocycles. The molecule has 30 heavy (non-hydrogen) atoms. The molecule has 0 aliphatic heterocycles. The second kappa shape index (κ2) is 8.22. The van der Waals surface area contributed by atoms with Gasteiger partial charge in [-0.1, -0.05) is 31.2 Å². The SMILES string of the molecule is CCC(=O)n1ccc2cc(-c3ccc(S(=O)(=O)NCc4cccnc4)cc3)ccc21. The summed E-state index contributed by atoms with van der Waals surface area (Å²) in [5, 5.41) is 0.962. The van der Waals surface area contributed by atoms with Crippen LogP contribution in [0.25, 0.3) is 22.0 Å². The molecule has 4 aromatic rings. The van der Waals surface area contributed by atoms with Crippen LogP contribution in [-0.4, -0.2) is 23.9 Å². The number of benzene rings is 2. The van der Waals surface area contributed by atoms with Gasteiger partial charge in [0.25, 0.3) is 0 Å². The molecule has 0 saturated carbocycles. The highest BCUT2D eigenvalue weighted by molar-refractivity contribution is 7.89. The Morgan fingerprint density at radius 1 is 1.03 bits per heavy atom. The van der Waals surface area contributed by atoms with Crippen LogP contribution < -0.4 is 4.72 Å². The van der Waals surface area contributed by atoms with Crippen molar-refractivity contribution in [1.29, 1.82) is 0 Å². The average molecular weight is 420 g/mol. The molecule has 4 rings (SSSR count). The highest BCUT2D eigenvalue weighted by Crippen LogP contribution is 2.26. The zero-order chi connectivity index (χ0) is 21.1. The number of pyridine rings is 1. The Labute approximate surface area is 175 Å². The third-order valence-corrected chi connectivity index (χ3v) is 6.37. The standard InChI is InChI=1S/C23H21N3O3S/c1-2-23(27)26-13-11-20-14-19(7-10-22(20)26)18-5-8-21(9-6-18)30(28,29)25-16-17-4-3-12-24-15-17/h3-15,25H,2,16H2,1H3. The van der Waals surface area contributed by atoms with E-state index in [1.807, 2.05) is 37.3 Å². The number of carbonyl (C=O) groups excluding carboxylic acids is 1. The number of carbonyl (C=O) groups is 1. The molecule has 0 bridgehead atoms. The van der Waals surface area contributed by atoms with Gasteiger partial charge >= 0.3 is 0 Å². The fourth-order valence-corrected chi connectivity index (χ4v) is 4.32. The van der Waals surface area contributed by atoms with Gasteiger partial charge in [0.05, 0.1) is 10.4 Å². The Hall–Kier alpha value is -3.29. The van der Waals surface area contributed by atoms with E-state index in [4.69, 9.17) is 0 Å². The summed E-state index contributed by atoms with van der Waals surface area (Å²) < 4.78 is 29.4. The number of nitrogens with zero attached hydrogens (tertiary/aromatic N) is 2. The lowest BCUT2D eigenvalue weighted by atomic mass is 10.0. The van der Waals surface area contributed by atoms with Crippen LogP contribution in [0.4, 0.5) is 0 Å². The van der Waals surface area contributed by atoms with E-state index in [-0.39, 0.29) is 17.3 Å². The number of nitrogens with one attached hydrogen (secondary N) is 1. The summed E-state index contributed by atoms with van der Waals surface area (Å²) in [7, 11) is -3.62. The van der Waals surface area contributed by atoms with E-state index in [1.54, 1.807) is 53.5 Å². The van der Waals surface area contributed by atoms with Crippen molar-refractivity contribution < 1.29 is 13.2 Å². The zero-order valence-corrected chi connectivity index (χ0v) is 17.3. The Balaban J connectivity index is 1.55. The number of aromatic nitrogens is 2. The van der Waals surface area contributed by atoms with Crippen molar-refractivity contribution in [2.24, 2.45) is 0 Å². The number of sulfonamides is 1. The third-order valence-electron chi connectivity index (χ3n) is 4.95. The van der Waals surface area contributed by atoms with Crippen LogP contribution in [0, 0.1) is 0 Å². The molecule has 7 heteroatoms. The number of fused-ring (bicyclic) bond motifs is 1. The maximum Gasteiger partial charge on any atom is 0.240 e. The molecule has 152 valence electrons. The van der Waals surface area contributed by atoms with E-state index in [0.717, 1.165) is 27.6 Å². The summed E-state index contributed by atoms with van der Waals surface area (Å²) in [5.74, 6) is 0.0473. The van der Waals surface area contributed by atoms with Crippen molar-refractivity contribution in [3.05, 3.63) is 84.8 Å². The van der Waals surface area contributed by atoms with Gasteiger partial charge in [-0.3, -0.25) is 14.3 Å². The molecule has 1 N–H and O–H groups in total. The molecule has 2 aromatic heterocycles. The van der Waals surface area contributed by atoms with E-state index in [2.05, 4.69) is 9.71 Å². The Morgan fingerprint density at radius 2 is 1.80 bits per heavy atom. The quantitative estimate of drug-likeness (QED) is 0.507. The molecule has 0 aliphatic rings. The van der Waals surface area contributed by atoms with Gasteiger partial charge < -0.3 is 0 Å². The number of hydrogen-bond donors (Lipinski definition) is 1. The van der Waals surface area contributed by atoms with E-state index < -0.39 is 10.0 Å². The molecule has 0 aliphatic carbocycles. The summed E-state index contributed by atoms with van der Waals surface area (Å²) in [6, 6.07) is 18.1. The summed E-state index contributed by atoms with van der Waals surface area (Å²) >= 11 is 0. The minimum absolute atomic E-state index is 0.0473. The lowest BCUT2D eigenvalue weighted by Crippen LogP contribution is -2.23.